The molecular formula is C11H20N2O2S. The van der Waals surface area contributed by atoms with Crippen molar-refractivity contribution in [1.82, 2.24) is 10.2 Å². The van der Waals surface area contributed by atoms with Crippen LogP contribution in [0.15, 0.2) is 0 Å². The van der Waals surface area contributed by atoms with Gasteiger partial charge in [-0.25, -0.2) is 0 Å². The van der Waals surface area contributed by atoms with Crippen molar-refractivity contribution in [3.63, 3.8) is 0 Å². The Morgan fingerprint density at radius 1 is 1.50 bits per heavy atom. The van der Waals surface area contributed by atoms with E-state index in [9.17, 15) is 9.59 Å². The average molecular weight is 244 g/mol. The molecule has 16 heavy (non-hydrogen) atoms. The summed E-state index contributed by atoms with van der Waals surface area (Å²) in [6.07, 6.45) is 0.679. The van der Waals surface area contributed by atoms with Crippen LogP contribution in [0.4, 0.5) is 0 Å². The van der Waals surface area contributed by atoms with Crippen molar-refractivity contribution in [1.29, 1.82) is 0 Å². The topological polar surface area (TPSA) is 49.4 Å². The van der Waals surface area contributed by atoms with E-state index in [-0.39, 0.29) is 30.4 Å². The number of piperazine rings is 1. The van der Waals surface area contributed by atoms with Gasteiger partial charge in [0.25, 0.3) is 0 Å². The Hall–Kier alpha value is -0.710. The summed E-state index contributed by atoms with van der Waals surface area (Å²) in [7, 11) is 0. The van der Waals surface area contributed by atoms with Crippen molar-refractivity contribution in [3.05, 3.63) is 0 Å². The maximum atomic E-state index is 11.8. The largest absolute Gasteiger partial charge is 0.345 e. The highest BCUT2D eigenvalue weighted by Crippen LogP contribution is 2.16. The quantitative estimate of drug-likeness (QED) is 0.780. The van der Waals surface area contributed by atoms with Crippen LogP contribution in [0, 0.1) is 0 Å². The van der Waals surface area contributed by atoms with Crippen LogP contribution in [-0.2, 0) is 9.59 Å². The summed E-state index contributed by atoms with van der Waals surface area (Å²) in [6, 6.07) is -0.151. The molecule has 1 saturated heterocycles. The maximum Gasteiger partial charge on any atom is 0.243 e. The van der Waals surface area contributed by atoms with Crippen molar-refractivity contribution < 1.29 is 9.59 Å². The summed E-state index contributed by atoms with van der Waals surface area (Å²) in [4.78, 5) is 25.2. The third kappa shape index (κ3) is 2.90. The number of hydrogen-bond donors (Lipinski definition) is 1. The smallest absolute Gasteiger partial charge is 0.243 e. The normalized spacial score (nSPS) is 23.2. The predicted octanol–water partition coefficient (Wildman–Crippen LogP) is 0.865. The van der Waals surface area contributed by atoms with Crippen molar-refractivity contribution >= 4 is 23.6 Å². The molecule has 0 saturated carbocycles. The van der Waals surface area contributed by atoms with Crippen LogP contribution in [0.3, 0.4) is 0 Å². The summed E-state index contributed by atoms with van der Waals surface area (Å²) in [5.74, 6) is 1.95. The minimum Gasteiger partial charge on any atom is -0.345 e. The van der Waals surface area contributed by atoms with Gasteiger partial charge in [0.2, 0.25) is 11.8 Å². The lowest BCUT2D eigenvalue weighted by Gasteiger charge is -2.38. The Labute approximate surface area is 101 Å². The van der Waals surface area contributed by atoms with E-state index in [0.717, 1.165) is 11.5 Å². The van der Waals surface area contributed by atoms with Crippen LogP contribution in [-0.4, -0.2) is 46.8 Å². The maximum absolute atomic E-state index is 11.8. The van der Waals surface area contributed by atoms with E-state index in [1.54, 1.807) is 16.7 Å². The van der Waals surface area contributed by atoms with Crippen molar-refractivity contribution in [2.45, 2.75) is 39.3 Å². The first-order chi connectivity index (χ1) is 7.61. The molecule has 0 bridgehead atoms. The van der Waals surface area contributed by atoms with E-state index >= 15 is 0 Å². The molecule has 1 aliphatic rings. The third-order valence-corrected chi connectivity index (χ3v) is 3.89. The van der Waals surface area contributed by atoms with E-state index in [0.29, 0.717) is 6.42 Å². The average Bonchev–Trinajstić information content (AvgIpc) is 2.28. The fourth-order valence-electron chi connectivity index (χ4n) is 1.98. The van der Waals surface area contributed by atoms with Gasteiger partial charge in [0.15, 0.2) is 0 Å². The first kappa shape index (κ1) is 13.4. The summed E-state index contributed by atoms with van der Waals surface area (Å²) >= 11 is 1.80. The highest BCUT2D eigenvalue weighted by Gasteiger charge is 2.35. The number of nitrogens with zero attached hydrogens (tertiary/aromatic N) is 1. The first-order valence-corrected chi connectivity index (χ1v) is 6.93. The van der Waals surface area contributed by atoms with Crippen LogP contribution in [0.5, 0.6) is 0 Å². The molecule has 0 aliphatic carbocycles. The summed E-state index contributed by atoms with van der Waals surface area (Å²) in [6.45, 7) is 6.20. The van der Waals surface area contributed by atoms with Crippen LogP contribution in [0.25, 0.3) is 0 Å². The number of carbonyl (C=O) groups is 2. The molecule has 1 aliphatic heterocycles. The van der Waals surface area contributed by atoms with E-state index < -0.39 is 0 Å². The molecule has 1 rings (SSSR count). The van der Waals surface area contributed by atoms with Gasteiger partial charge < -0.3 is 10.2 Å². The van der Waals surface area contributed by atoms with Gasteiger partial charge in [-0.05, 0) is 19.1 Å². The van der Waals surface area contributed by atoms with Gasteiger partial charge in [0.1, 0.15) is 6.04 Å². The fraction of sp³-hybridized carbons (Fsp3) is 0.818. The molecular weight excluding hydrogens is 224 g/mol. The van der Waals surface area contributed by atoms with Gasteiger partial charge in [0, 0.05) is 11.8 Å². The van der Waals surface area contributed by atoms with Gasteiger partial charge >= 0.3 is 0 Å². The lowest BCUT2D eigenvalue weighted by atomic mass is 10.1. The fourth-order valence-corrected chi connectivity index (χ4v) is 2.71. The Morgan fingerprint density at radius 3 is 2.75 bits per heavy atom. The number of hydrogen-bond acceptors (Lipinski definition) is 3. The molecule has 92 valence electrons. The van der Waals surface area contributed by atoms with Crippen LogP contribution < -0.4 is 5.32 Å². The molecule has 0 spiro atoms. The van der Waals surface area contributed by atoms with Crippen LogP contribution >= 0.6 is 11.8 Å². The van der Waals surface area contributed by atoms with E-state index in [1.165, 1.54) is 0 Å². The third-order valence-electron chi connectivity index (χ3n) is 2.77. The molecule has 2 amide bonds. The van der Waals surface area contributed by atoms with Crippen molar-refractivity contribution in [3.8, 4) is 0 Å². The molecule has 4 nitrogen and oxygen atoms in total. The zero-order valence-corrected chi connectivity index (χ0v) is 11.0. The number of thioether (sulfide) groups is 1. The minimum absolute atomic E-state index is 0.0181. The van der Waals surface area contributed by atoms with Crippen LogP contribution in [0.2, 0.25) is 0 Å². The minimum atomic E-state index is -0.284. The molecule has 2 unspecified atom stereocenters. The van der Waals surface area contributed by atoms with Gasteiger partial charge in [-0.2, -0.15) is 11.8 Å². The van der Waals surface area contributed by atoms with Crippen molar-refractivity contribution in [2.24, 2.45) is 0 Å². The SMILES string of the molecule is CCSCC(C)N1C(=O)CNC(=O)C1CC. The second-order valence-corrected chi connectivity index (χ2v) is 5.27. The number of amides is 2. The zero-order chi connectivity index (χ0) is 12.1. The molecule has 1 heterocycles. The summed E-state index contributed by atoms with van der Waals surface area (Å²) in [5.41, 5.74) is 0. The van der Waals surface area contributed by atoms with Crippen LogP contribution in [0.1, 0.15) is 27.2 Å². The standard InChI is InChI=1S/C11H20N2O2S/c1-4-9-11(15)12-6-10(14)13(9)8(3)7-16-5-2/h8-9H,4-7H2,1-3H3,(H,12,15). The Bertz CT molecular complexity index is 271. The first-order valence-electron chi connectivity index (χ1n) is 5.78. The highest BCUT2D eigenvalue weighted by atomic mass is 32.2. The second kappa shape index (κ2) is 6.13. The highest BCUT2D eigenvalue weighted by molar-refractivity contribution is 7.99. The van der Waals surface area contributed by atoms with Gasteiger partial charge in [0.05, 0.1) is 6.54 Å². The van der Waals surface area contributed by atoms with Crippen molar-refractivity contribution in [2.75, 3.05) is 18.1 Å². The molecule has 0 aromatic rings. The number of rotatable bonds is 5. The molecule has 0 aromatic heterocycles. The molecule has 1 N–H and O–H groups in total. The van der Waals surface area contributed by atoms with E-state index in [4.69, 9.17) is 0 Å². The van der Waals surface area contributed by atoms with Gasteiger partial charge in [-0.3, -0.25) is 9.59 Å². The van der Waals surface area contributed by atoms with E-state index in [1.807, 2.05) is 13.8 Å². The Balaban J connectivity index is 2.71. The Morgan fingerprint density at radius 2 is 2.19 bits per heavy atom. The number of carbonyl (C=O) groups excluding carboxylic acids is 2. The summed E-state index contributed by atoms with van der Waals surface area (Å²) < 4.78 is 0. The number of nitrogens with one attached hydrogen (secondary N) is 1. The molecule has 2 atom stereocenters. The molecule has 5 heteroatoms. The Kier molecular flexibility index (Phi) is 5.12. The lowest BCUT2D eigenvalue weighted by molar-refractivity contribution is -0.147. The zero-order valence-electron chi connectivity index (χ0n) is 10.2. The molecule has 1 fully saturated rings. The van der Waals surface area contributed by atoms with Gasteiger partial charge in [-0.1, -0.05) is 13.8 Å². The van der Waals surface area contributed by atoms with E-state index in [2.05, 4.69) is 12.2 Å². The molecule has 0 aromatic carbocycles. The lowest BCUT2D eigenvalue weighted by Crippen LogP contribution is -2.61. The predicted molar refractivity (Wildman–Crippen MR) is 66.4 cm³/mol. The second-order valence-electron chi connectivity index (χ2n) is 3.95. The molecule has 0 radical (unpaired) electrons. The monoisotopic (exact) mass is 244 g/mol. The summed E-state index contributed by atoms with van der Waals surface area (Å²) in [5, 5.41) is 2.64. The van der Waals surface area contributed by atoms with Gasteiger partial charge in [-0.15, -0.1) is 0 Å².